The highest BCUT2D eigenvalue weighted by atomic mass is 19.4. The van der Waals surface area contributed by atoms with Crippen molar-refractivity contribution in [2.45, 2.75) is 32.0 Å². The van der Waals surface area contributed by atoms with E-state index in [1.165, 1.54) is 23.2 Å². The Hall–Kier alpha value is -3.61. The van der Waals surface area contributed by atoms with E-state index in [4.69, 9.17) is 5.26 Å². The molecule has 10 heteroatoms. The molecule has 0 saturated carbocycles. The molecule has 0 atom stereocenters. The number of anilines is 1. The van der Waals surface area contributed by atoms with Crippen molar-refractivity contribution in [1.82, 2.24) is 10.3 Å². The lowest BCUT2D eigenvalue weighted by atomic mass is 10.2. The van der Waals surface area contributed by atoms with E-state index < -0.39 is 18.7 Å². The summed E-state index contributed by atoms with van der Waals surface area (Å²) in [4.78, 5) is 29.8. The first-order valence-electron chi connectivity index (χ1n) is 9.42. The van der Waals surface area contributed by atoms with Crippen LogP contribution in [-0.2, 0) is 16.1 Å². The molecule has 1 N–H and O–H groups in total. The first-order valence-corrected chi connectivity index (χ1v) is 9.42. The lowest BCUT2D eigenvalue weighted by molar-refractivity contribution is -0.154. The minimum Gasteiger partial charge on any atom is -0.468 e. The monoisotopic (exact) mass is 434 g/mol. The van der Waals surface area contributed by atoms with Crippen molar-refractivity contribution in [2.24, 2.45) is 0 Å². The molecular weight excluding hydrogens is 413 g/mol. The number of halogens is 3. The highest BCUT2D eigenvalue weighted by Crippen LogP contribution is 2.18. The summed E-state index contributed by atoms with van der Waals surface area (Å²) in [6, 6.07) is 13.7. The van der Waals surface area contributed by atoms with Gasteiger partial charge < -0.3 is 15.0 Å². The average Bonchev–Trinajstić information content (AvgIpc) is 2.75. The number of carbonyl (C=O) groups excluding carboxylic acids is 2. The van der Waals surface area contributed by atoms with Crippen molar-refractivity contribution in [2.75, 3.05) is 18.1 Å². The normalized spacial score (nSPS) is 10.8. The van der Waals surface area contributed by atoms with Crippen LogP contribution in [0.5, 0.6) is 5.88 Å². The number of pyridine rings is 1. The Morgan fingerprint density at radius 3 is 2.58 bits per heavy atom. The molecule has 0 aliphatic carbocycles. The Kier molecular flexibility index (Phi) is 8.81. The maximum absolute atomic E-state index is 12.5. The number of aromatic nitrogens is 1. The molecule has 0 unspecified atom stereocenters. The molecule has 0 saturated heterocycles. The number of alkyl halides is 3. The molecule has 0 bridgehead atoms. The van der Waals surface area contributed by atoms with Crippen LogP contribution in [0.1, 0.15) is 24.8 Å². The number of ether oxygens (including phenoxy) is 1. The minimum atomic E-state index is -4.47. The van der Waals surface area contributed by atoms with Crippen molar-refractivity contribution in [1.29, 1.82) is 5.26 Å². The topological polar surface area (TPSA) is 95.3 Å². The molecular formula is C21H21F3N4O3. The zero-order chi connectivity index (χ0) is 22.7. The Morgan fingerprint density at radius 1 is 1.16 bits per heavy atom. The van der Waals surface area contributed by atoms with Gasteiger partial charge in [0, 0.05) is 43.9 Å². The zero-order valence-corrected chi connectivity index (χ0v) is 16.6. The first-order chi connectivity index (χ1) is 14.8. The summed E-state index contributed by atoms with van der Waals surface area (Å²) in [5.74, 6) is -0.880. The van der Waals surface area contributed by atoms with Crippen LogP contribution in [0.3, 0.4) is 0 Å². The van der Waals surface area contributed by atoms with Crippen molar-refractivity contribution in [3.05, 3.63) is 54.2 Å². The second-order valence-corrected chi connectivity index (χ2v) is 6.47. The van der Waals surface area contributed by atoms with Crippen LogP contribution in [0.4, 0.5) is 18.9 Å². The van der Waals surface area contributed by atoms with Gasteiger partial charge in [-0.05, 0) is 23.8 Å². The van der Waals surface area contributed by atoms with Crippen LogP contribution in [0.25, 0.3) is 0 Å². The number of rotatable bonds is 10. The fraction of sp³-hybridized carbons (Fsp3) is 0.333. The van der Waals surface area contributed by atoms with Crippen molar-refractivity contribution >= 4 is 17.5 Å². The van der Waals surface area contributed by atoms with Gasteiger partial charge in [0.1, 0.15) is 0 Å². The molecule has 0 fully saturated rings. The van der Waals surface area contributed by atoms with Crippen LogP contribution >= 0.6 is 0 Å². The van der Waals surface area contributed by atoms with Gasteiger partial charge in [-0.25, -0.2) is 4.98 Å². The summed E-state index contributed by atoms with van der Waals surface area (Å²) in [6.07, 6.45) is -3.16. The maximum Gasteiger partial charge on any atom is 0.422 e. The molecule has 2 aromatic rings. The summed E-state index contributed by atoms with van der Waals surface area (Å²) < 4.78 is 41.2. The molecule has 1 aromatic heterocycles. The molecule has 2 amide bonds. The second kappa shape index (κ2) is 11.5. The number of benzene rings is 1. The van der Waals surface area contributed by atoms with Gasteiger partial charge in [-0.1, -0.05) is 18.2 Å². The largest absolute Gasteiger partial charge is 0.468 e. The third-order valence-electron chi connectivity index (χ3n) is 4.05. The third-order valence-corrected chi connectivity index (χ3v) is 4.05. The summed E-state index contributed by atoms with van der Waals surface area (Å²) >= 11 is 0. The number of hydrogen-bond acceptors (Lipinski definition) is 5. The van der Waals surface area contributed by atoms with Crippen LogP contribution in [0, 0.1) is 11.3 Å². The molecule has 0 aliphatic heterocycles. The van der Waals surface area contributed by atoms with Crippen LogP contribution in [0.15, 0.2) is 48.7 Å². The summed E-state index contributed by atoms with van der Waals surface area (Å²) in [6.45, 7) is -1.19. The zero-order valence-electron chi connectivity index (χ0n) is 16.6. The molecule has 1 aromatic carbocycles. The van der Waals surface area contributed by atoms with E-state index in [-0.39, 0.29) is 44.1 Å². The van der Waals surface area contributed by atoms with Gasteiger partial charge in [0.2, 0.25) is 17.7 Å². The molecule has 0 spiro atoms. The lowest BCUT2D eigenvalue weighted by Gasteiger charge is -2.21. The summed E-state index contributed by atoms with van der Waals surface area (Å²) in [5, 5.41) is 11.4. The Bertz CT molecular complexity index is 914. The fourth-order valence-electron chi connectivity index (χ4n) is 2.61. The van der Waals surface area contributed by atoms with E-state index in [0.717, 1.165) is 0 Å². The van der Waals surface area contributed by atoms with Gasteiger partial charge >= 0.3 is 6.18 Å². The predicted octanol–water partition coefficient (Wildman–Crippen LogP) is 3.37. The Labute approximate surface area is 177 Å². The molecule has 31 heavy (non-hydrogen) atoms. The molecule has 2 rings (SSSR count). The number of nitrogens with zero attached hydrogens (tertiary/aromatic N) is 3. The van der Waals surface area contributed by atoms with E-state index >= 15 is 0 Å². The van der Waals surface area contributed by atoms with Crippen LogP contribution in [-0.4, -0.2) is 36.1 Å². The molecule has 1 heterocycles. The lowest BCUT2D eigenvalue weighted by Crippen LogP contribution is -2.33. The number of nitrogens with one attached hydrogen (secondary N) is 1. The molecule has 0 aliphatic rings. The van der Waals surface area contributed by atoms with Crippen molar-refractivity contribution < 1.29 is 27.5 Å². The second-order valence-electron chi connectivity index (χ2n) is 6.47. The van der Waals surface area contributed by atoms with E-state index in [1.807, 2.05) is 12.1 Å². The van der Waals surface area contributed by atoms with Crippen molar-refractivity contribution in [3.8, 4) is 11.9 Å². The number of amides is 2. The average molecular weight is 434 g/mol. The number of para-hydroxylation sites is 1. The molecule has 0 radical (unpaired) electrons. The highest BCUT2D eigenvalue weighted by Gasteiger charge is 2.28. The van der Waals surface area contributed by atoms with Crippen LogP contribution in [0.2, 0.25) is 0 Å². The smallest absolute Gasteiger partial charge is 0.422 e. The first kappa shape index (κ1) is 23.7. The Balaban J connectivity index is 1.84. The summed E-state index contributed by atoms with van der Waals surface area (Å²) in [7, 11) is 0. The Morgan fingerprint density at radius 2 is 1.90 bits per heavy atom. The van der Waals surface area contributed by atoms with Gasteiger partial charge in [0.05, 0.1) is 12.5 Å². The SMILES string of the molecule is N#CCCN(C(=O)CCC(=O)NCc1ccnc(OCC(F)(F)F)c1)c1ccccc1. The van der Waals surface area contributed by atoms with Gasteiger partial charge in [0.25, 0.3) is 0 Å². The summed E-state index contributed by atoms with van der Waals surface area (Å²) in [5.41, 5.74) is 1.15. The van der Waals surface area contributed by atoms with E-state index in [1.54, 1.807) is 24.3 Å². The van der Waals surface area contributed by atoms with E-state index in [0.29, 0.717) is 11.3 Å². The molecule has 164 valence electrons. The highest BCUT2D eigenvalue weighted by molar-refractivity contribution is 5.95. The predicted molar refractivity (Wildman–Crippen MR) is 106 cm³/mol. The van der Waals surface area contributed by atoms with Crippen LogP contribution < -0.4 is 15.0 Å². The van der Waals surface area contributed by atoms with E-state index in [9.17, 15) is 22.8 Å². The third kappa shape index (κ3) is 8.74. The number of nitriles is 1. The van der Waals surface area contributed by atoms with Gasteiger partial charge in [-0.2, -0.15) is 18.4 Å². The quantitative estimate of drug-likeness (QED) is 0.619. The van der Waals surface area contributed by atoms with E-state index in [2.05, 4.69) is 15.0 Å². The fourth-order valence-corrected chi connectivity index (χ4v) is 2.61. The number of hydrogen-bond donors (Lipinski definition) is 1. The van der Waals surface area contributed by atoms with Gasteiger partial charge in [-0.3, -0.25) is 9.59 Å². The van der Waals surface area contributed by atoms with Gasteiger partial charge in [-0.15, -0.1) is 0 Å². The molecule has 7 nitrogen and oxygen atoms in total. The standard InChI is InChI=1S/C21H21F3N4O3/c22-21(23,24)15-31-19-13-16(9-11-26-19)14-27-18(29)7-8-20(30)28(12-4-10-25)17-5-2-1-3-6-17/h1-3,5-6,9,11,13H,4,7-8,12,14-15H2,(H,27,29). The van der Waals surface area contributed by atoms with Gasteiger partial charge in [0.15, 0.2) is 6.61 Å². The number of carbonyl (C=O) groups is 2. The van der Waals surface area contributed by atoms with Crippen molar-refractivity contribution in [3.63, 3.8) is 0 Å². The minimum absolute atomic E-state index is 0.0504. The maximum atomic E-state index is 12.5.